The predicted octanol–water partition coefficient (Wildman–Crippen LogP) is 4.49. The summed E-state index contributed by atoms with van der Waals surface area (Å²) in [7, 11) is 0. The van der Waals surface area contributed by atoms with Gasteiger partial charge in [-0.1, -0.05) is 15.9 Å². The van der Waals surface area contributed by atoms with Gasteiger partial charge >= 0.3 is 6.09 Å². The highest BCUT2D eigenvalue weighted by Crippen LogP contribution is 2.38. The minimum absolute atomic E-state index is 0.154. The van der Waals surface area contributed by atoms with E-state index in [0.29, 0.717) is 21.9 Å². The van der Waals surface area contributed by atoms with E-state index in [2.05, 4.69) is 15.9 Å². The summed E-state index contributed by atoms with van der Waals surface area (Å²) in [6.07, 6.45) is -0.815. The lowest BCUT2D eigenvalue weighted by Gasteiger charge is -2.40. The van der Waals surface area contributed by atoms with Crippen molar-refractivity contribution in [1.29, 1.82) is 0 Å². The molecule has 1 aliphatic heterocycles. The topological polar surface area (TPSA) is 49.9 Å². The van der Waals surface area contributed by atoms with Crippen LogP contribution in [0.4, 0.5) is 25.0 Å². The van der Waals surface area contributed by atoms with Gasteiger partial charge in [-0.25, -0.2) is 13.6 Å². The number of hydrogen-bond acceptors (Lipinski definition) is 3. The lowest BCUT2D eigenvalue weighted by molar-refractivity contribution is -0.117. The molecule has 1 atom stereocenters. The Labute approximate surface area is 157 Å². The standard InChI is InChI=1S/C18H15BrF2N2O3/c1-10-9-22(18(25)26-17-6-4-13(20)8-14(17)21)16-7-12(19)3-5-15(16)23(10)11(2)24/h3-8,10H,9H2,1-2H3. The number of hydrogen-bond donors (Lipinski definition) is 0. The van der Waals surface area contributed by atoms with E-state index < -0.39 is 17.7 Å². The van der Waals surface area contributed by atoms with E-state index in [4.69, 9.17) is 4.74 Å². The van der Waals surface area contributed by atoms with Crippen LogP contribution in [0, 0.1) is 11.6 Å². The minimum atomic E-state index is -0.969. The van der Waals surface area contributed by atoms with Crippen LogP contribution in [0.2, 0.25) is 0 Å². The molecule has 0 bridgehead atoms. The van der Waals surface area contributed by atoms with Gasteiger partial charge in [0, 0.05) is 24.0 Å². The van der Waals surface area contributed by atoms with Crippen molar-refractivity contribution >= 4 is 39.3 Å². The molecule has 2 amide bonds. The van der Waals surface area contributed by atoms with E-state index in [-0.39, 0.29) is 24.2 Å². The molecule has 3 rings (SSSR count). The second kappa shape index (κ2) is 7.03. The van der Waals surface area contributed by atoms with Gasteiger partial charge in [0.1, 0.15) is 5.82 Å². The van der Waals surface area contributed by atoms with Crippen molar-refractivity contribution in [3.8, 4) is 5.75 Å². The first-order valence-corrected chi connectivity index (χ1v) is 8.61. The molecule has 0 saturated heterocycles. The van der Waals surface area contributed by atoms with Gasteiger partial charge in [0.25, 0.3) is 0 Å². The molecule has 0 aromatic heterocycles. The first-order valence-electron chi connectivity index (χ1n) is 7.81. The fourth-order valence-corrected chi connectivity index (χ4v) is 3.31. The van der Waals surface area contributed by atoms with Crippen LogP contribution in [0.5, 0.6) is 5.75 Å². The van der Waals surface area contributed by atoms with Gasteiger partial charge in [0.2, 0.25) is 5.91 Å². The third-order valence-electron chi connectivity index (χ3n) is 4.03. The molecule has 8 heteroatoms. The maximum atomic E-state index is 13.8. The summed E-state index contributed by atoms with van der Waals surface area (Å²) in [5.41, 5.74) is 1.01. The molecular weight excluding hydrogens is 410 g/mol. The maximum Gasteiger partial charge on any atom is 0.419 e. The summed E-state index contributed by atoms with van der Waals surface area (Å²) in [6.45, 7) is 3.42. The Morgan fingerprint density at radius 1 is 1.15 bits per heavy atom. The number of carbonyl (C=O) groups excluding carboxylic acids is 2. The number of carbonyl (C=O) groups is 2. The zero-order valence-electron chi connectivity index (χ0n) is 14.0. The van der Waals surface area contributed by atoms with Crippen LogP contribution < -0.4 is 14.5 Å². The van der Waals surface area contributed by atoms with E-state index in [1.165, 1.54) is 11.8 Å². The average molecular weight is 425 g/mol. The van der Waals surface area contributed by atoms with Gasteiger partial charge in [-0.05, 0) is 37.3 Å². The van der Waals surface area contributed by atoms with Crippen molar-refractivity contribution in [1.82, 2.24) is 0 Å². The number of anilines is 2. The fourth-order valence-electron chi connectivity index (χ4n) is 2.96. The lowest BCUT2D eigenvalue weighted by Crippen LogP contribution is -2.52. The molecule has 0 saturated carbocycles. The maximum absolute atomic E-state index is 13.8. The number of ether oxygens (including phenoxy) is 1. The van der Waals surface area contributed by atoms with Crippen molar-refractivity contribution < 1.29 is 23.1 Å². The number of benzene rings is 2. The third kappa shape index (κ3) is 3.41. The van der Waals surface area contributed by atoms with Crippen LogP contribution in [0.15, 0.2) is 40.9 Å². The van der Waals surface area contributed by atoms with Crippen LogP contribution in [0.3, 0.4) is 0 Å². The molecular formula is C18H15BrF2N2O3. The normalized spacial score (nSPS) is 16.3. The Hall–Kier alpha value is -2.48. The Morgan fingerprint density at radius 3 is 2.54 bits per heavy atom. The highest BCUT2D eigenvalue weighted by molar-refractivity contribution is 9.10. The SMILES string of the molecule is CC(=O)N1c2ccc(Br)cc2N(C(=O)Oc2ccc(F)cc2F)CC1C. The van der Waals surface area contributed by atoms with Gasteiger partial charge in [-0.3, -0.25) is 9.69 Å². The van der Waals surface area contributed by atoms with Gasteiger partial charge in [0.05, 0.1) is 17.4 Å². The molecule has 1 unspecified atom stereocenters. The zero-order valence-corrected chi connectivity index (χ0v) is 15.6. The number of nitrogens with zero attached hydrogens (tertiary/aromatic N) is 2. The largest absolute Gasteiger partial charge is 0.419 e. The summed E-state index contributed by atoms with van der Waals surface area (Å²) < 4.78 is 32.6. The van der Waals surface area contributed by atoms with E-state index in [0.717, 1.165) is 12.1 Å². The summed E-state index contributed by atoms with van der Waals surface area (Å²) in [5.74, 6) is -2.25. The second-order valence-corrected chi connectivity index (χ2v) is 6.84. The smallest absolute Gasteiger partial charge is 0.407 e. The quantitative estimate of drug-likeness (QED) is 0.677. The Balaban J connectivity index is 1.96. The molecule has 0 radical (unpaired) electrons. The van der Waals surface area contributed by atoms with E-state index in [1.54, 1.807) is 30.0 Å². The summed E-state index contributed by atoms with van der Waals surface area (Å²) >= 11 is 3.34. The number of amides is 2. The monoisotopic (exact) mass is 424 g/mol. The number of halogens is 3. The van der Waals surface area contributed by atoms with Crippen LogP contribution >= 0.6 is 15.9 Å². The highest BCUT2D eigenvalue weighted by Gasteiger charge is 2.34. The first-order chi connectivity index (χ1) is 12.3. The first kappa shape index (κ1) is 18.3. The average Bonchev–Trinajstić information content (AvgIpc) is 2.56. The molecule has 1 aliphatic rings. The van der Waals surface area contributed by atoms with Crippen molar-refractivity contribution in [3.05, 3.63) is 52.5 Å². The van der Waals surface area contributed by atoms with Crippen molar-refractivity contribution in [3.63, 3.8) is 0 Å². The molecule has 26 heavy (non-hydrogen) atoms. The molecule has 1 heterocycles. The van der Waals surface area contributed by atoms with Gasteiger partial charge < -0.3 is 9.64 Å². The van der Waals surface area contributed by atoms with E-state index >= 15 is 0 Å². The molecule has 136 valence electrons. The Bertz CT molecular complexity index is 891. The molecule has 0 aliphatic carbocycles. The highest BCUT2D eigenvalue weighted by atomic mass is 79.9. The Morgan fingerprint density at radius 2 is 1.88 bits per heavy atom. The van der Waals surface area contributed by atoms with E-state index in [1.807, 2.05) is 0 Å². The van der Waals surface area contributed by atoms with Crippen LogP contribution in [0.25, 0.3) is 0 Å². The van der Waals surface area contributed by atoms with Crippen molar-refractivity contribution in [2.24, 2.45) is 0 Å². The summed E-state index contributed by atoms with van der Waals surface area (Å²) in [4.78, 5) is 27.5. The molecule has 0 spiro atoms. The zero-order chi connectivity index (χ0) is 19.0. The Kier molecular flexibility index (Phi) is 4.95. The third-order valence-corrected chi connectivity index (χ3v) is 4.52. The van der Waals surface area contributed by atoms with Crippen LogP contribution in [-0.4, -0.2) is 24.6 Å². The lowest BCUT2D eigenvalue weighted by atomic mass is 10.1. The van der Waals surface area contributed by atoms with Crippen molar-refractivity contribution in [2.45, 2.75) is 19.9 Å². The molecule has 5 nitrogen and oxygen atoms in total. The van der Waals surface area contributed by atoms with Crippen LogP contribution in [-0.2, 0) is 4.79 Å². The molecule has 0 fully saturated rings. The van der Waals surface area contributed by atoms with Gasteiger partial charge in [-0.15, -0.1) is 0 Å². The fraction of sp³-hybridized carbons (Fsp3) is 0.222. The molecule has 0 N–H and O–H groups in total. The number of rotatable bonds is 1. The van der Waals surface area contributed by atoms with Gasteiger partial charge in [-0.2, -0.15) is 0 Å². The second-order valence-electron chi connectivity index (χ2n) is 5.92. The summed E-state index contributed by atoms with van der Waals surface area (Å²) in [6, 6.07) is 7.56. The number of fused-ring (bicyclic) bond motifs is 1. The summed E-state index contributed by atoms with van der Waals surface area (Å²) in [5, 5.41) is 0. The van der Waals surface area contributed by atoms with E-state index in [9.17, 15) is 18.4 Å². The van der Waals surface area contributed by atoms with Crippen LogP contribution in [0.1, 0.15) is 13.8 Å². The minimum Gasteiger partial charge on any atom is -0.407 e. The molecule has 2 aromatic carbocycles. The van der Waals surface area contributed by atoms with Crippen molar-refractivity contribution in [2.75, 3.05) is 16.3 Å². The predicted molar refractivity (Wildman–Crippen MR) is 96.5 cm³/mol. The van der Waals surface area contributed by atoms with Gasteiger partial charge in [0.15, 0.2) is 11.6 Å². The molecule has 2 aromatic rings.